The first-order valence-corrected chi connectivity index (χ1v) is 9.50. The van der Waals surface area contributed by atoms with Crippen LogP contribution in [0.15, 0.2) is 4.99 Å². The van der Waals surface area contributed by atoms with E-state index in [0.717, 1.165) is 6.54 Å². The van der Waals surface area contributed by atoms with Gasteiger partial charge in [0.2, 0.25) is 0 Å². The van der Waals surface area contributed by atoms with Gasteiger partial charge in [0, 0.05) is 30.6 Å². The van der Waals surface area contributed by atoms with Crippen LogP contribution in [0.2, 0.25) is 0 Å². The van der Waals surface area contributed by atoms with Crippen LogP contribution in [-0.2, 0) is 9.84 Å². The van der Waals surface area contributed by atoms with E-state index in [0.29, 0.717) is 12.5 Å². The van der Waals surface area contributed by atoms with Gasteiger partial charge in [0.25, 0.3) is 0 Å². The maximum Gasteiger partial charge on any atom is 0.191 e. The minimum absolute atomic E-state index is 0. The van der Waals surface area contributed by atoms with E-state index in [1.54, 1.807) is 14.0 Å². The van der Waals surface area contributed by atoms with Gasteiger partial charge in [0.15, 0.2) is 15.8 Å². The lowest BCUT2D eigenvalue weighted by molar-refractivity contribution is 0.583. The molecule has 1 aliphatic heterocycles. The van der Waals surface area contributed by atoms with Gasteiger partial charge in [-0.1, -0.05) is 6.92 Å². The molecule has 0 bridgehead atoms. The van der Waals surface area contributed by atoms with Gasteiger partial charge in [0.1, 0.15) is 0 Å². The standard InChI is InChI=1S/C12H25N3O2S2.HI/c1-4-19(16,17)9-7-14-11(13-3)15-10-12(2)6-5-8-18-12;/h4-10H2,1-3H3,(H2,13,14,15);1H. The van der Waals surface area contributed by atoms with E-state index in [2.05, 4.69) is 22.5 Å². The van der Waals surface area contributed by atoms with Crippen molar-refractivity contribution in [2.24, 2.45) is 4.99 Å². The van der Waals surface area contributed by atoms with E-state index in [1.807, 2.05) is 11.8 Å². The summed E-state index contributed by atoms with van der Waals surface area (Å²) >= 11 is 1.99. The molecule has 0 aromatic heterocycles. The predicted octanol–water partition coefficient (Wildman–Crippen LogP) is 1.49. The zero-order valence-electron chi connectivity index (χ0n) is 12.4. The minimum atomic E-state index is -2.92. The lowest BCUT2D eigenvalue weighted by Crippen LogP contribution is -2.44. The number of hydrogen-bond donors (Lipinski definition) is 2. The highest BCUT2D eigenvalue weighted by atomic mass is 127. The molecule has 0 aromatic rings. The summed E-state index contributed by atoms with van der Waals surface area (Å²) in [5.41, 5.74) is 0. The quantitative estimate of drug-likeness (QED) is 0.376. The maximum absolute atomic E-state index is 11.4. The molecule has 1 unspecified atom stereocenters. The van der Waals surface area contributed by atoms with E-state index in [-0.39, 0.29) is 40.2 Å². The molecule has 2 N–H and O–H groups in total. The fourth-order valence-corrected chi connectivity index (χ4v) is 3.88. The third-order valence-corrected chi connectivity index (χ3v) is 6.54. The van der Waals surface area contributed by atoms with Crippen molar-refractivity contribution in [3.63, 3.8) is 0 Å². The van der Waals surface area contributed by atoms with Gasteiger partial charge >= 0.3 is 0 Å². The molecule has 1 heterocycles. The average Bonchev–Trinajstić information content (AvgIpc) is 2.81. The van der Waals surface area contributed by atoms with Crippen LogP contribution in [0.3, 0.4) is 0 Å². The van der Waals surface area contributed by atoms with E-state index in [4.69, 9.17) is 0 Å². The van der Waals surface area contributed by atoms with Crippen molar-refractivity contribution in [3.8, 4) is 0 Å². The Labute approximate surface area is 144 Å². The van der Waals surface area contributed by atoms with Crippen LogP contribution in [0.5, 0.6) is 0 Å². The summed E-state index contributed by atoms with van der Waals surface area (Å²) in [5.74, 6) is 2.24. The molecule has 0 amide bonds. The summed E-state index contributed by atoms with van der Waals surface area (Å²) in [4.78, 5) is 4.12. The molecule has 1 saturated heterocycles. The summed E-state index contributed by atoms with van der Waals surface area (Å²) in [6.07, 6.45) is 2.48. The number of rotatable bonds is 6. The Bertz CT molecular complexity index is 407. The van der Waals surface area contributed by atoms with Gasteiger partial charge in [-0.25, -0.2) is 8.42 Å². The number of aliphatic imine (C=N–C) groups is 1. The summed E-state index contributed by atoms with van der Waals surface area (Å²) in [5, 5.41) is 6.33. The molecule has 0 saturated carbocycles. The topological polar surface area (TPSA) is 70.6 Å². The Balaban J connectivity index is 0.00000361. The van der Waals surface area contributed by atoms with E-state index >= 15 is 0 Å². The van der Waals surface area contributed by atoms with E-state index in [9.17, 15) is 8.42 Å². The molecular formula is C12H26IN3O2S2. The van der Waals surface area contributed by atoms with Gasteiger partial charge in [-0.05, 0) is 25.5 Å². The summed E-state index contributed by atoms with van der Waals surface area (Å²) in [7, 11) is -1.21. The van der Waals surface area contributed by atoms with Crippen molar-refractivity contribution < 1.29 is 8.42 Å². The molecule has 0 aromatic carbocycles. The lowest BCUT2D eigenvalue weighted by Gasteiger charge is -2.24. The first kappa shape index (κ1) is 20.3. The van der Waals surface area contributed by atoms with Crippen LogP contribution in [0, 0.1) is 0 Å². The maximum atomic E-state index is 11.4. The second-order valence-electron chi connectivity index (χ2n) is 4.99. The van der Waals surface area contributed by atoms with Crippen LogP contribution in [-0.4, -0.2) is 56.5 Å². The number of thioether (sulfide) groups is 1. The lowest BCUT2D eigenvalue weighted by atomic mass is 10.1. The first-order valence-electron chi connectivity index (χ1n) is 6.70. The largest absolute Gasteiger partial charge is 0.355 e. The van der Waals surface area contributed by atoms with Crippen molar-refractivity contribution in [1.82, 2.24) is 10.6 Å². The summed E-state index contributed by atoms with van der Waals surface area (Å²) < 4.78 is 23.0. The summed E-state index contributed by atoms with van der Waals surface area (Å²) in [6, 6.07) is 0. The van der Waals surface area contributed by atoms with Crippen LogP contribution >= 0.6 is 35.7 Å². The molecule has 0 spiro atoms. The van der Waals surface area contributed by atoms with Crippen LogP contribution < -0.4 is 10.6 Å². The highest BCUT2D eigenvalue weighted by molar-refractivity contribution is 14.0. The Morgan fingerprint density at radius 2 is 2.10 bits per heavy atom. The number of nitrogens with zero attached hydrogens (tertiary/aromatic N) is 1. The molecule has 120 valence electrons. The molecule has 20 heavy (non-hydrogen) atoms. The van der Waals surface area contributed by atoms with Crippen molar-refractivity contribution in [3.05, 3.63) is 0 Å². The Morgan fingerprint density at radius 3 is 2.60 bits per heavy atom. The van der Waals surface area contributed by atoms with Gasteiger partial charge in [-0.15, -0.1) is 24.0 Å². The average molecular weight is 435 g/mol. The normalized spacial score (nSPS) is 23.2. The fourth-order valence-electron chi connectivity index (χ4n) is 1.94. The molecule has 1 aliphatic rings. The van der Waals surface area contributed by atoms with Crippen LogP contribution in [0.4, 0.5) is 0 Å². The monoisotopic (exact) mass is 435 g/mol. The number of sulfone groups is 1. The minimum Gasteiger partial charge on any atom is -0.355 e. The third-order valence-electron chi connectivity index (χ3n) is 3.30. The number of nitrogens with one attached hydrogen (secondary N) is 2. The van der Waals surface area contributed by atoms with Crippen molar-refractivity contribution in [2.75, 3.05) is 37.4 Å². The molecule has 1 rings (SSSR count). The van der Waals surface area contributed by atoms with Crippen molar-refractivity contribution >= 4 is 51.5 Å². The smallest absolute Gasteiger partial charge is 0.191 e. The second-order valence-corrected chi connectivity index (χ2v) is 9.15. The molecule has 0 aliphatic carbocycles. The summed E-state index contributed by atoms with van der Waals surface area (Å²) in [6.45, 7) is 5.19. The molecule has 0 radical (unpaired) electrons. The Morgan fingerprint density at radius 1 is 1.40 bits per heavy atom. The number of guanidine groups is 1. The molecule has 1 fully saturated rings. The number of hydrogen-bond acceptors (Lipinski definition) is 4. The third kappa shape index (κ3) is 7.35. The van der Waals surface area contributed by atoms with Gasteiger partial charge in [-0.3, -0.25) is 4.99 Å². The van der Waals surface area contributed by atoms with Gasteiger partial charge < -0.3 is 10.6 Å². The SMILES string of the molecule is CCS(=O)(=O)CCNC(=NC)NCC1(C)CCCS1.I. The predicted molar refractivity (Wildman–Crippen MR) is 99.2 cm³/mol. The first-order chi connectivity index (χ1) is 8.91. The Hall–Kier alpha value is 0.300. The van der Waals surface area contributed by atoms with E-state index in [1.165, 1.54) is 18.6 Å². The molecule has 1 atom stereocenters. The van der Waals surface area contributed by atoms with Crippen molar-refractivity contribution in [2.45, 2.75) is 31.4 Å². The zero-order chi connectivity index (χ0) is 14.4. The Kier molecular flexibility index (Phi) is 9.48. The highest BCUT2D eigenvalue weighted by Crippen LogP contribution is 2.36. The van der Waals surface area contributed by atoms with Crippen LogP contribution in [0.1, 0.15) is 26.7 Å². The zero-order valence-corrected chi connectivity index (χ0v) is 16.4. The number of halogens is 1. The molecule has 8 heteroatoms. The van der Waals surface area contributed by atoms with Gasteiger partial charge in [0.05, 0.1) is 5.75 Å². The second kappa shape index (κ2) is 9.34. The molecule has 5 nitrogen and oxygen atoms in total. The van der Waals surface area contributed by atoms with E-state index < -0.39 is 9.84 Å². The van der Waals surface area contributed by atoms with Crippen LogP contribution in [0.25, 0.3) is 0 Å². The van der Waals surface area contributed by atoms with Gasteiger partial charge in [-0.2, -0.15) is 11.8 Å². The van der Waals surface area contributed by atoms with Crippen molar-refractivity contribution in [1.29, 1.82) is 0 Å². The molecular weight excluding hydrogens is 409 g/mol. The highest BCUT2D eigenvalue weighted by Gasteiger charge is 2.29. The fraction of sp³-hybridized carbons (Fsp3) is 0.917.